The number of rotatable bonds is 6. The summed E-state index contributed by atoms with van der Waals surface area (Å²) in [6.45, 7) is 4.89. The molecule has 7 heteroatoms. The first-order chi connectivity index (χ1) is 12.0. The summed E-state index contributed by atoms with van der Waals surface area (Å²) in [5.74, 6) is 2.84. The van der Waals surface area contributed by atoms with Crippen molar-refractivity contribution in [3.8, 4) is 11.5 Å². The maximum Gasteiger partial charge on any atom is 0.227 e. The smallest absolute Gasteiger partial charge is 0.227 e. The Bertz CT molecular complexity index is 729. The molecule has 1 aromatic heterocycles. The van der Waals surface area contributed by atoms with Gasteiger partial charge in [0.05, 0.1) is 6.54 Å². The van der Waals surface area contributed by atoms with Crippen molar-refractivity contribution < 1.29 is 18.8 Å². The molecule has 7 nitrogen and oxygen atoms in total. The zero-order valence-electron chi connectivity index (χ0n) is 14.8. The lowest BCUT2D eigenvalue weighted by molar-refractivity contribution is -0.131. The molecule has 0 aliphatic carbocycles. The molecule has 0 saturated carbocycles. The molecule has 25 heavy (non-hydrogen) atoms. The zero-order chi connectivity index (χ0) is 17.8. The van der Waals surface area contributed by atoms with Gasteiger partial charge in [0.2, 0.25) is 11.8 Å². The van der Waals surface area contributed by atoms with E-state index >= 15 is 0 Å². The molecule has 0 saturated heterocycles. The predicted molar refractivity (Wildman–Crippen MR) is 90.7 cm³/mol. The van der Waals surface area contributed by atoms with E-state index in [4.69, 9.17) is 14.0 Å². The van der Waals surface area contributed by atoms with E-state index in [1.807, 2.05) is 38.1 Å². The summed E-state index contributed by atoms with van der Waals surface area (Å²) in [5.41, 5.74) is 0. The van der Waals surface area contributed by atoms with Gasteiger partial charge >= 0.3 is 0 Å². The third-order valence-electron chi connectivity index (χ3n) is 4.02. The predicted octanol–water partition coefficient (Wildman–Crippen LogP) is 2.42. The number of aryl methyl sites for hydroxylation is 1. The van der Waals surface area contributed by atoms with E-state index in [0.29, 0.717) is 43.5 Å². The number of aromatic nitrogens is 2. The minimum atomic E-state index is -0.181. The second-order valence-corrected chi connectivity index (χ2v) is 6.47. The minimum absolute atomic E-state index is 0.00626. The lowest BCUT2D eigenvalue weighted by Crippen LogP contribution is -2.41. The van der Waals surface area contributed by atoms with Crippen LogP contribution in [0.1, 0.15) is 37.9 Å². The molecule has 1 aliphatic heterocycles. The number of para-hydroxylation sites is 2. The lowest BCUT2D eigenvalue weighted by atomic mass is 10.2. The summed E-state index contributed by atoms with van der Waals surface area (Å²) in [5, 5.41) is 3.91. The number of hydrogen-bond acceptors (Lipinski definition) is 6. The number of fused-ring (bicyclic) bond motifs is 1. The molecule has 0 bridgehead atoms. The van der Waals surface area contributed by atoms with Gasteiger partial charge in [-0.2, -0.15) is 4.98 Å². The molecular weight excluding hydrogens is 322 g/mol. The Morgan fingerprint density at radius 3 is 2.80 bits per heavy atom. The quantitative estimate of drug-likeness (QED) is 0.800. The van der Waals surface area contributed by atoms with Gasteiger partial charge in [-0.05, 0) is 12.1 Å². The number of hydrogen-bond donors (Lipinski definition) is 0. The van der Waals surface area contributed by atoms with Crippen LogP contribution in [-0.2, 0) is 11.2 Å². The van der Waals surface area contributed by atoms with E-state index in [-0.39, 0.29) is 17.9 Å². The van der Waals surface area contributed by atoms with Gasteiger partial charge in [0, 0.05) is 25.8 Å². The van der Waals surface area contributed by atoms with Gasteiger partial charge in [-0.25, -0.2) is 0 Å². The summed E-state index contributed by atoms with van der Waals surface area (Å²) in [6.07, 6.45) is 0.577. The molecule has 2 heterocycles. The average Bonchev–Trinajstić information content (AvgIpc) is 3.09. The van der Waals surface area contributed by atoms with Crippen LogP contribution in [0, 0.1) is 0 Å². The third-order valence-corrected chi connectivity index (χ3v) is 4.02. The standard InChI is InChI=1S/C18H23N3O4/c1-12(2)18-19-16(25-20-18)8-9-17(22)21(3)10-13-11-23-14-6-4-5-7-15(14)24-13/h4-7,12-13H,8-11H2,1-3H3/t13-/m0/s1. The van der Waals surface area contributed by atoms with Crippen molar-refractivity contribution in [3.05, 3.63) is 36.0 Å². The maximum atomic E-state index is 12.3. The van der Waals surface area contributed by atoms with Crippen molar-refractivity contribution in [2.45, 2.75) is 38.7 Å². The summed E-state index contributed by atoms with van der Waals surface area (Å²) in [7, 11) is 1.76. The third kappa shape index (κ3) is 4.29. The Kier molecular flexibility index (Phi) is 5.21. The molecule has 2 aromatic rings. The second kappa shape index (κ2) is 7.55. The topological polar surface area (TPSA) is 77.7 Å². The highest BCUT2D eigenvalue weighted by molar-refractivity contribution is 5.76. The normalized spacial score (nSPS) is 16.1. The van der Waals surface area contributed by atoms with Crippen molar-refractivity contribution in [2.75, 3.05) is 20.2 Å². The Morgan fingerprint density at radius 1 is 1.32 bits per heavy atom. The van der Waals surface area contributed by atoms with Crippen LogP contribution >= 0.6 is 0 Å². The minimum Gasteiger partial charge on any atom is -0.486 e. The van der Waals surface area contributed by atoms with Crippen LogP contribution < -0.4 is 9.47 Å². The number of benzene rings is 1. The van der Waals surface area contributed by atoms with Crippen LogP contribution in [0.5, 0.6) is 11.5 Å². The Morgan fingerprint density at radius 2 is 2.08 bits per heavy atom. The number of amides is 1. The molecule has 1 atom stereocenters. The van der Waals surface area contributed by atoms with Gasteiger partial charge in [-0.15, -0.1) is 0 Å². The lowest BCUT2D eigenvalue weighted by Gasteiger charge is -2.29. The van der Waals surface area contributed by atoms with Crippen molar-refractivity contribution in [3.63, 3.8) is 0 Å². The number of nitrogens with zero attached hydrogens (tertiary/aromatic N) is 3. The van der Waals surface area contributed by atoms with Crippen LogP contribution in [-0.4, -0.2) is 47.3 Å². The van der Waals surface area contributed by atoms with Gasteiger partial charge < -0.3 is 18.9 Å². The van der Waals surface area contributed by atoms with Crippen LogP contribution in [0.25, 0.3) is 0 Å². The highest BCUT2D eigenvalue weighted by Crippen LogP contribution is 2.30. The fourth-order valence-electron chi connectivity index (χ4n) is 2.57. The van der Waals surface area contributed by atoms with Crippen LogP contribution in [0.2, 0.25) is 0 Å². The van der Waals surface area contributed by atoms with E-state index in [9.17, 15) is 4.79 Å². The zero-order valence-corrected chi connectivity index (χ0v) is 14.8. The molecule has 0 spiro atoms. The van der Waals surface area contributed by atoms with E-state index < -0.39 is 0 Å². The first kappa shape index (κ1) is 17.3. The molecule has 0 radical (unpaired) electrons. The molecule has 1 aliphatic rings. The van der Waals surface area contributed by atoms with E-state index in [2.05, 4.69) is 10.1 Å². The fraction of sp³-hybridized carbons (Fsp3) is 0.500. The molecule has 3 rings (SSSR count). The molecule has 1 aromatic carbocycles. The second-order valence-electron chi connectivity index (χ2n) is 6.47. The van der Waals surface area contributed by atoms with Crippen molar-refractivity contribution >= 4 is 5.91 Å². The monoisotopic (exact) mass is 345 g/mol. The van der Waals surface area contributed by atoms with E-state index in [1.54, 1.807) is 11.9 Å². The Hall–Kier alpha value is -2.57. The van der Waals surface area contributed by atoms with Crippen LogP contribution in [0.4, 0.5) is 0 Å². The van der Waals surface area contributed by atoms with Crippen molar-refractivity contribution in [1.29, 1.82) is 0 Å². The van der Waals surface area contributed by atoms with Crippen molar-refractivity contribution in [2.24, 2.45) is 0 Å². The largest absolute Gasteiger partial charge is 0.486 e. The molecule has 0 fully saturated rings. The van der Waals surface area contributed by atoms with Crippen molar-refractivity contribution in [1.82, 2.24) is 15.0 Å². The number of ether oxygens (including phenoxy) is 2. The highest BCUT2D eigenvalue weighted by atomic mass is 16.6. The maximum absolute atomic E-state index is 12.3. The van der Waals surface area contributed by atoms with E-state index in [0.717, 1.165) is 5.75 Å². The SMILES string of the molecule is CC(C)c1noc(CCC(=O)N(C)C[C@H]2COc3ccccc3O2)n1. The first-order valence-corrected chi connectivity index (χ1v) is 8.48. The van der Waals surface area contributed by atoms with E-state index in [1.165, 1.54) is 0 Å². The number of likely N-dealkylation sites (N-methyl/N-ethyl adjacent to an activating group) is 1. The van der Waals surface area contributed by atoms with Gasteiger partial charge in [0.25, 0.3) is 0 Å². The first-order valence-electron chi connectivity index (χ1n) is 8.48. The molecule has 134 valence electrons. The van der Waals surface area contributed by atoms with Gasteiger partial charge in [-0.1, -0.05) is 31.1 Å². The summed E-state index contributed by atoms with van der Waals surface area (Å²) < 4.78 is 16.7. The molecular formula is C18H23N3O4. The molecule has 1 amide bonds. The number of carbonyl (C=O) groups is 1. The number of carbonyl (C=O) groups excluding carboxylic acids is 1. The molecule has 0 N–H and O–H groups in total. The van der Waals surface area contributed by atoms with Gasteiger partial charge in [0.1, 0.15) is 6.61 Å². The Labute approximate surface area is 146 Å². The summed E-state index contributed by atoms with van der Waals surface area (Å²) in [6, 6.07) is 7.54. The molecule has 0 unspecified atom stereocenters. The fourth-order valence-corrected chi connectivity index (χ4v) is 2.57. The van der Waals surface area contributed by atoms with Gasteiger partial charge in [-0.3, -0.25) is 4.79 Å². The summed E-state index contributed by atoms with van der Waals surface area (Å²) >= 11 is 0. The Balaban J connectivity index is 1.48. The summed E-state index contributed by atoms with van der Waals surface area (Å²) in [4.78, 5) is 18.3. The highest BCUT2D eigenvalue weighted by Gasteiger charge is 2.24. The van der Waals surface area contributed by atoms with Gasteiger partial charge in [0.15, 0.2) is 23.4 Å². The van der Waals surface area contributed by atoms with Crippen LogP contribution in [0.15, 0.2) is 28.8 Å². The average molecular weight is 345 g/mol. The van der Waals surface area contributed by atoms with Crippen LogP contribution in [0.3, 0.4) is 0 Å².